The van der Waals surface area contributed by atoms with Gasteiger partial charge in [0.1, 0.15) is 12.9 Å². The minimum Gasteiger partial charge on any atom is -0.490 e. The van der Waals surface area contributed by atoms with E-state index in [2.05, 4.69) is 15.4 Å². The Morgan fingerprint density at radius 3 is 2.83 bits per heavy atom. The van der Waals surface area contributed by atoms with Crippen LogP contribution in [-0.2, 0) is 11.4 Å². The lowest BCUT2D eigenvalue weighted by molar-refractivity contribution is -0.117. The van der Waals surface area contributed by atoms with Crippen LogP contribution in [0.1, 0.15) is 30.5 Å². The number of ether oxygens (including phenoxy) is 2. The van der Waals surface area contributed by atoms with Gasteiger partial charge in [-0.3, -0.25) is 10.1 Å². The van der Waals surface area contributed by atoms with E-state index in [0.29, 0.717) is 34.1 Å². The number of halogens is 2. The van der Waals surface area contributed by atoms with Crippen molar-refractivity contribution in [3.05, 3.63) is 63.9 Å². The van der Waals surface area contributed by atoms with E-state index in [1.54, 1.807) is 16.8 Å². The van der Waals surface area contributed by atoms with Crippen molar-refractivity contribution in [3.63, 3.8) is 0 Å². The Hall–Kier alpha value is -2.77. The molecule has 0 aliphatic carbocycles. The third kappa shape index (κ3) is 4.16. The van der Waals surface area contributed by atoms with Crippen LogP contribution in [0, 0.1) is 0 Å². The Labute approximate surface area is 177 Å². The van der Waals surface area contributed by atoms with E-state index >= 15 is 0 Å². The molecule has 1 aromatic heterocycles. The Morgan fingerprint density at radius 2 is 2.03 bits per heavy atom. The highest BCUT2D eigenvalue weighted by atomic mass is 35.5. The van der Waals surface area contributed by atoms with Crippen LogP contribution in [0.4, 0.5) is 5.95 Å². The van der Waals surface area contributed by atoms with Crippen LogP contribution < -0.4 is 14.8 Å². The number of anilines is 1. The lowest BCUT2D eigenvalue weighted by Gasteiger charge is -2.24. The number of amides is 1. The maximum absolute atomic E-state index is 12.0. The van der Waals surface area contributed by atoms with Crippen molar-refractivity contribution in [2.45, 2.75) is 26.0 Å². The molecule has 0 bridgehead atoms. The average Bonchev–Trinajstić information content (AvgIpc) is 3.16. The summed E-state index contributed by atoms with van der Waals surface area (Å²) >= 11 is 12.2. The van der Waals surface area contributed by atoms with Gasteiger partial charge in [0.25, 0.3) is 0 Å². The molecule has 4 rings (SSSR count). The number of nitrogens with zero attached hydrogens (tertiary/aromatic N) is 3. The number of carbonyl (C=O) groups excluding carboxylic acids is 1. The fourth-order valence-electron chi connectivity index (χ4n) is 3.18. The maximum atomic E-state index is 12.0. The third-order valence-corrected chi connectivity index (χ3v) is 5.14. The Morgan fingerprint density at radius 1 is 1.17 bits per heavy atom. The van der Waals surface area contributed by atoms with Gasteiger partial charge in [0.2, 0.25) is 11.9 Å². The van der Waals surface area contributed by atoms with Gasteiger partial charge in [-0.15, -0.1) is 0 Å². The van der Waals surface area contributed by atoms with Crippen LogP contribution in [0.15, 0.2) is 42.7 Å². The molecule has 0 radical (unpaired) electrons. The van der Waals surface area contributed by atoms with Crippen molar-refractivity contribution >= 4 is 35.1 Å². The summed E-state index contributed by atoms with van der Waals surface area (Å²) in [5.41, 5.74) is 1.70. The minimum absolute atomic E-state index is 0.105. The molecule has 0 saturated heterocycles. The first-order valence-electron chi connectivity index (χ1n) is 9.08. The predicted molar refractivity (Wildman–Crippen MR) is 110 cm³/mol. The summed E-state index contributed by atoms with van der Waals surface area (Å²) in [7, 11) is 0. The fraction of sp³-hybridized carbons (Fsp3) is 0.250. The molecule has 0 saturated carbocycles. The van der Waals surface area contributed by atoms with Gasteiger partial charge in [-0.25, -0.2) is 4.68 Å². The van der Waals surface area contributed by atoms with Gasteiger partial charge >= 0.3 is 0 Å². The monoisotopic (exact) mass is 432 g/mol. The largest absolute Gasteiger partial charge is 0.490 e. The molecule has 0 spiro atoms. The molecule has 0 fully saturated rings. The van der Waals surface area contributed by atoms with Crippen molar-refractivity contribution in [2.24, 2.45) is 0 Å². The number of aromatic nitrogens is 3. The van der Waals surface area contributed by atoms with E-state index in [9.17, 15) is 4.79 Å². The summed E-state index contributed by atoms with van der Waals surface area (Å²) < 4.78 is 13.4. The van der Waals surface area contributed by atoms with E-state index < -0.39 is 0 Å². The summed E-state index contributed by atoms with van der Waals surface area (Å²) in [5, 5.41) is 8.06. The van der Waals surface area contributed by atoms with Gasteiger partial charge in [0.15, 0.2) is 11.5 Å². The van der Waals surface area contributed by atoms with Crippen LogP contribution in [0.2, 0.25) is 10.0 Å². The second-order valence-electron chi connectivity index (χ2n) is 6.46. The molecule has 1 aliphatic heterocycles. The van der Waals surface area contributed by atoms with Gasteiger partial charge in [-0.05, 0) is 36.8 Å². The molecule has 1 atom stereocenters. The van der Waals surface area contributed by atoms with Crippen LogP contribution in [-0.4, -0.2) is 27.3 Å². The smallest absolute Gasteiger partial charge is 0.229 e. The second-order valence-corrected chi connectivity index (χ2v) is 7.30. The zero-order valence-corrected chi connectivity index (χ0v) is 17.1. The molecule has 3 aromatic rings. The Balaban J connectivity index is 1.60. The zero-order chi connectivity index (χ0) is 20.4. The molecule has 0 unspecified atom stereocenters. The van der Waals surface area contributed by atoms with E-state index in [4.69, 9.17) is 32.7 Å². The van der Waals surface area contributed by atoms with Crippen LogP contribution in [0.25, 0.3) is 0 Å². The normalized spacial score (nSPS) is 15.6. The van der Waals surface area contributed by atoms with Gasteiger partial charge in [-0.1, -0.05) is 35.3 Å². The maximum Gasteiger partial charge on any atom is 0.229 e. The Bertz CT molecular complexity index is 1050. The summed E-state index contributed by atoms with van der Waals surface area (Å²) in [4.78, 5) is 16.1. The standard InChI is InChI=1S/C20H18Cl2N4O3/c1-2-28-18-7-12(16-9-19(27)25-20-23-11-24-26(16)20)4-6-17(18)29-10-13-3-5-14(21)8-15(13)22/h3-8,11,16H,2,9-10H2,1H3,(H,23,24,25,27)/t16-/m0/s1. The fourth-order valence-corrected chi connectivity index (χ4v) is 3.64. The van der Waals surface area contributed by atoms with E-state index in [1.807, 2.05) is 31.2 Å². The number of carbonyl (C=O) groups is 1. The zero-order valence-electron chi connectivity index (χ0n) is 15.6. The minimum atomic E-state index is -0.264. The molecule has 1 aliphatic rings. The summed E-state index contributed by atoms with van der Waals surface area (Å²) in [6.45, 7) is 2.64. The van der Waals surface area contributed by atoms with Crippen molar-refractivity contribution in [2.75, 3.05) is 11.9 Å². The van der Waals surface area contributed by atoms with Crippen LogP contribution in [0.5, 0.6) is 11.5 Å². The van der Waals surface area contributed by atoms with E-state index in [0.717, 1.165) is 11.1 Å². The topological polar surface area (TPSA) is 78.3 Å². The van der Waals surface area contributed by atoms with Crippen molar-refractivity contribution < 1.29 is 14.3 Å². The lowest BCUT2D eigenvalue weighted by Crippen LogP contribution is -2.29. The molecule has 1 N–H and O–H groups in total. The molecular weight excluding hydrogens is 415 g/mol. The molecule has 9 heteroatoms. The quantitative estimate of drug-likeness (QED) is 0.620. The molecule has 1 amide bonds. The van der Waals surface area contributed by atoms with Crippen LogP contribution in [0.3, 0.4) is 0 Å². The second kappa shape index (κ2) is 8.31. The summed E-state index contributed by atoms with van der Waals surface area (Å²) in [6, 6.07) is 10.6. The number of nitrogens with one attached hydrogen (secondary N) is 1. The van der Waals surface area contributed by atoms with Crippen molar-refractivity contribution in [1.82, 2.24) is 14.8 Å². The number of benzene rings is 2. The van der Waals surface area contributed by atoms with Gasteiger partial charge in [-0.2, -0.15) is 10.1 Å². The number of hydrogen-bond acceptors (Lipinski definition) is 5. The first kappa shape index (κ1) is 19.5. The first-order valence-corrected chi connectivity index (χ1v) is 9.83. The van der Waals surface area contributed by atoms with Gasteiger partial charge in [0, 0.05) is 15.6 Å². The SMILES string of the molecule is CCOc1cc([C@@H]2CC(=O)Nc3ncnn32)ccc1OCc1ccc(Cl)cc1Cl. The highest BCUT2D eigenvalue weighted by Gasteiger charge is 2.28. The lowest BCUT2D eigenvalue weighted by atomic mass is 10.0. The van der Waals surface area contributed by atoms with E-state index in [1.165, 1.54) is 6.33 Å². The van der Waals surface area contributed by atoms with Crippen LogP contribution >= 0.6 is 23.2 Å². The number of fused-ring (bicyclic) bond motifs is 1. The summed E-state index contributed by atoms with van der Waals surface area (Å²) in [6.07, 6.45) is 1.69. The predicted octanol–water partition coefficient (Wildman–Crippen LogP) is 4.49. The van der Waals surface area contributed by atoms with E-state index in [-0.39, 0.29) is 25.0 Å². The average molecular weight is 433 g/mol. The summed E-state index contributed by atoms with van der Waals surface area (Å²) in [5.74, 6) is 1.50. The van der Waals surface area contributed by atoms with Crippen molar-refractivity contribution in [3.8, 4) is 11.5 Å². The molecule has 2 aromatic carbocycles. The first-order chi connectivity index (χ1) is 14.0. The van der Waals surface area contributed by atoms with Crippen molar-refractivity contribution in [1.29, 1.82) is 0 Å². The molecular formula is C20H18Cl2N4O3. The number of hydrogen-bond donors (Lipinski definition) is 1. The highest BCUT2D eigenvalue weighted by molar-refractivity contribution is 6.35. The molecule has 7 nitrogen and oxygen atoms in total. The highest BCUT2D eigenvalue weighted by Crippen LogP contribution is 2.36. The third-order valence-electron chi connectivity index (χ3n) is 4.55. The molecule has 29 heavy (non-hydrogen) atoms. The van der Waals surface area contributed by atoms with Gasteiger partial charge < -0.3 is 9.47 Å². The molecule has 2 heterocycles. The Kier molecular flexibility index (Phi) is 5.60. The van der Waals surface area contributed by atoms with Gasteiger partial charge in [0.05, 0.1) is 19.1 Å². The molecule has 150 valence electrons. The number of rotatable bonds is 6.